The Hall–Kier alpha value is -1.68. The first-order valence-electron chi connectivity index (χ1n) is 4.95. The van der Waals surface area contributed by atoms with Crippen LogP contribution in [0.25, 0.3) is 11.3 Å². The van der Waals surface area contributed by atoms with E-state index in [4.69, 9.17) is 5.73 Å². The molecular formula is C11H14N4. The van der Waals surface area contributed by atoms with Gasteiger partial charge in [-0.15, -0.1) is 0 Å². The molecule has 0 radical (unpaired) electrons. The van der Waals surface area contributed by atoms with Gasteiger partial charge in [0, 0.05) is 30.5 Å². The van der Waals surface area contributed by atoms with Gasteiger partial charge in [-0.2, -0.15) is 0 Å². The highest BCUT2D eigenvalue weighted by Crippen LogP contribution is 2.20. The second kappa shape index (κ2) is 4.23. The van der Waals surface area contributed by atoms with E-state index in [-0.39, 0.29) is 6.04 Å². The number of aromatic nitrogens is 3. The first kappa shape index (κ1) is 9.86. The largest absolute Gasteiger partial charge is 0.328 e. The van der Waals surface area contributed by atoms with Crippen molar-refractivity contribution in [3.63, 3.8) is 0 Å². The highest BCUT2D eigenvalue weighted by atomic mass is 15.1. The van der Waals surface area contributed by atoms with Crippen LogP contribution < -0.4 is 5.73 Å². The standard InChI is InChI=1S/C11H14N4/c1-9(6-12)15-8-14-7-11(15)10-2-4-13-5-3-10/h2-5,7-9H,6,12H2,1H3. The maximum absolute atomic E-state index is 5.65. The fraction of sp³-hybridized carbons (Fsp3) is 0.273. The fourth-order valence-corrected chi connectivity index (χ4v) is 1.52. The van der Waals surface area contributed by atoms with Crippen LogP contribution in [-0.2, 0) is 0 Å². The van der Waals surface area contributed by atoms with E-state index in [1.807, 2.05) is 24.7 Å². The summed E-state index contributed by atoms with van der Waals surface area (Å²) in [5.41, 5.74) is 7.84. The molecule has 0 saturated heterocycles. The van der Waals surface area contributed by atoms with E-state index in [0.717, 1.165) is 11.3 Å². The molecular weight excluding hydrogens is 188 g/mol. The fourth-order valence-electron chi connectivity index (χ4n) is 1.52. The predicted octanol–water partition coefficient (Wildman–Crippen LogP) is 1.46. The smallest absolute Gasteiger partial charge is 0.0953 e. The zero-order chi connectivity index (χ0) is 10.7. The van der Waals surface area contributed by atoms with Gasteiger partial charge in [-0.1, -0.05) is 0 Å². The second-order valence-corrected chi connectivity index (χ2v) is 3.51. The minimum Gasteiger partial charge on any atom is -0.328 e. The Morgan fingerprint density at radius 1 is 1.33 bits per heavy atom. The number of nitrogens with zero attached hydrogens (tertiary/aromatic N) is 3. The number of hydrogen-bond donors (Lipinski definition) is 1. The molecule has 0 aliphatic carbocycles. The van der Waals surface area contributed by atoms with Crippen molar-refractivity contribution in [2.24, 2.45) is 5.73 Å². The number of imidazole rings is 1. The van der Waals surface area contributed by atoms with Crippen molar-refractivity contribution in [3.05, 3.63) is 37.1 Å². The molecule has 2 heterocycles. The van der Waals surface area contributed by atoms with Gasteiger partial charge in [0.2, 0.25) is 0 Å². The molecule has 0 amide bonds. The lowest BCUT2D eigenvalue weighted by atomic mass is 10.2. The van der Waals surface area contributed by atoms with Crippen LogP contribution in [-0.4, -0.2) is 21.1 Å². The van der Waals surface area contributed by atoms with Crippen LogP contribution in [0, 0.1) is 0 Å². The summed E-state index contributed by atoms with van der Waals surface area (Å²) in [7, 11) is 0. The Kier molecular flexibility index (Phi) is 2.78. The monoisotopic (exact) mass is 202 g/mol. The Labute approximate surface area is 88.8 Å². The molecule has 4 heteroatoms. The van der Waals surface area contributed by atoms with Crippen molar-refractivity contribution in [2.45, 2.75) is 13.0 Å². The first-order chi connectivity index (χ1) is 7.33. The highest BCUT2D eigenvalue weighted by molar-refractivity contribution is 5.57. The lowest BCUT2D eigenvalue weighted by Gasteiger charge is -2.14. The Bertz CT molecular complexity index is 421. The van der Waals surface area contributed by atoms with Gasteiger partial charge in [-0.3, -0.25) is 4.98 Å². The molecule has 0 spiro atoms. The molecule has 0 bridgehead atoms. The highest BCUT2D eigenvalue weighted by Gasteiger charge is 2.08. The second-order valence-electron chi connectivity index (χ2n) is 3.51. The van der Waals surface area contributed by atoms with Crippen molar-refractivity contribution in [2.75, 3.05) is 6.54 Å². The van der Waals surface area contributed by atoms with Gasteiger partial charge in [-0.05, 0) is 19.1 Å². The van der Waals surface area contributed by atoms with E-state index in [1.54, 1.807) is 12.4 Å². The van der Waals surface area contributed by atoms with Gasteiger partial charge in [0.25, 0.3) is 0 Å². The van der Waals surface area contributed by atoms with Crippen LogP contribution >= 0.6 is 0 Å². The van der Waals surface area contributed by atoms with Gasteiger partial charge in [0.05, 0.1) is 18.2 Å². The summed E-state index contributed by atoms with van der Waals surface area (Å²) in [5, 5.41) is 0. The van der Waals surface area contributed by atoms with Crippen LogP contribution in [0.2, 0.25) is 0 Å². The van der Waals surface area contributed by atoms with Gasteiger partial charge < -0.3 is 10.3 Å². The summed E-state index contributed by atoms with van der Waals surface area (Å²) in [6.45, 7) is 2.68. The van der Waals surface area contributed by atoms with Gasteiger partial charge in [0.15, 0.2) is 0 Å². The minimum absolute atomic E-state index is 0.260. The van der Waals surface area contributed by atoms with Crippen molar-refractivity contribution in [1.29, 1.82) is 0 Å². The molecule has 1 unspecified atom stereocenters. The van der Waals surface area contributed by atoms with Crippen molar-refractivity contribution in [3.8, 4) is 11.3 Å². The molecule has 4 nitrogen and oxygen atoms in total. The van der Waals surface area contributed by atoms with Crippen LogP contribution in [0.15, 0.2) is 37.1 Å². The summed E-state index contributed by atoms with van der Waals surface area (Å²) in [6.07, 6.45) is 7.22. The van der Waals surface area contributed by atoms with Crippen LogP contribution in [0.1, 0.15) is 13.0 Å². The third-order valence-corrected chi connectivity index (χ3v) is 2.46. The van der Waals surface area contributed by atoms with E-state index in [0.29, 0.717) is 6.54 Å². The zero-order valence-corrected chi connectivity index (χ0v) is 8.67. The molecule has 0 fully saturated rings. The number of pyridine rings is 1. The number of hydrogen-bond acceptors (Lipinski definition) is 3. The van der Waals surface area contributed by atoms with Crippen molar-refractivity contribution >= 4 is 0 Å². The average molecular weight is 202 g/mol. The maximum Gasteiger partial charge on any atom is 0.0953 e. The molecule has 1 atom stereocenters. The van der Waals surface area contributed by atoms with Gasteiger partial charge in [0.1, 0.15) is 0 Å². The van der Waals surface area contributed by atoms with E-state index in [9.17, 15) is 0 Å². The third kappa shape index (κ3) is 1.89. The Morgan fingerprint density at radius 2 is 2.07 bits per heavy atom. The molecule has 0 aliphatic rings. The van der Waals surface area contributed by atoms with Crippen LogP contribution in [0.4, 0.5) is 0 Å². The molecule has 0 aliphatic heterocycles. The molecule has 15 heavy (non-hydrogen) atoms. The van der Waals surface area contributed by atoms with Gasteiger partial charge >= 0.3 is 0 Å². The SMILES string of the molecule is CC(CN)n1cncc1-c1ccncc1. The Morgan fingerprint density at radius 3 is 2.73 bits per heavy atom. The molecule has 78 valence electrons. The average Bonchev–Trinajstić information content (AvgIpc) is 2.78. The third-order valence-electron chi connectivity index (χ3n) is 2.46. The van der Waals surface area contributed by atoms with Crippen LogP contribution in [0.5, 0.6) is 0 Å². The van der Waals surface area contributed by atoms with E-state index >= 15 is 0 Å². The first-order valence-corrected chi connectivity index (χ1v) is 4.95. The predicted molar refractivity (Wildman–Crippen MR) is 59.2 cm³/mol. The summed E-state index contributed by atoms with van der Waals surface area (Å²) in [4.78, 5) is 8.15. The summed E-state index contributed by atoms with van der Waals surface area (Å²) >= 11 is 0. The summed E-state index contributed by atoms with van der Waals surface area (Å²) in [5.74, 6) is 0. The van der Waals surface area contributed by atoms with E-state index < -0.39 is 0 Å². The van der Waals surface area contributed by atoms with E-state index in [1.165, 1.54) is 0 Å². The Balaban J connectivity index is 2.41. The molecule has 2 aromatic rings. The lowest BCUT2D eigenvalue weighted by Crippen LogP contribution is -2.15. The number of rotatable bonds is 3. The topological polar surface area (TPSA) is 56.7 Å². The zero-order valence-electron chi connectivity index (χ0n) is 8.67. The molecule has 0 saturated carbocycles. The summed E-state index contributed by atoms with van der Waals surface area (Å²) in [6, 6.07) is 4.20. The maximum atomic E-state index is 5.65. The molecule has 2 aromatic heterocycles. The lowest BCUT2D eigenvalue weighted by molar-refractivity contribution is 0.563. The number of nitrogens with two attached hydrogens (primary N) is 1. The summed E-state index contributed by atoms with van der Waals surface area (Å²) < 4.78 is 2.08. The molecule has 2 N–H and O–H groups in total. The minimum atomic E-state index is 0.260. The van der Waals surface area contributed by atoms with Crippen molar-refractivity contribution in [1.82, 2.24) is 14.5 Å². The normalized spacial score (nSPS) is 12.7. The van der Waals surface area contributed by atoms with Crippen LogP contribution in [0.3, 0.4) is 0 Å². The molecule has 0 aromatic carbocycles. The van der Waals surface area contributed by atoms with Gasteiger partial charge in [-0.25, -0.2) is 4.98 Å². The quantitative estimate of drug-likeness (QED) is 0.819. The van der Waals surface area contributed by atoms with Crippen molar-refractivity contribution < 1.29 is 0 Å². The molecule has 2 rings (SSSR count). The van der Waals surface area contributed by atoms with E-state index in [2.05, 4.69) is 21.5 Å².